The number of amides is 1. The molecule has 1 fully saturated rings. The molecule has 2 aromatic rings. The van der Waals surface area contributed by atoms with Crippen LogP contribution in [0.4, 0.5) is 0 Å². The van der Waals surface area contributed by atoms with E-state index in [2.05, 4.69) is 5.10 Å². The Morgan fingerprint density at radius 3 is 2.96 bits per heavy atom. The fraction of sp³-hybridized carbons (Fsp3) is 0.412. The highest BCUT2D eigenvalue weighted by molar-refractivity contribution is 6.31. The molecule has 122 valence electrons. The smallest absolute Gasteiger partial charge is 0.257 e. The van der Waals surface area contributed by atoms with E-state index in [0.29, 0.717) is 28.8 Å². The maximum atomic E-state index is 12.9. The van der Waals surface area contributed by atoms with Crippen LogP contribution in [0.25, 0.3) is 0 Å². The molecule has 0 N–H and O–H groups in total. The molecule has 0 aliphatic carbocycles. The lowest BCUT2D eigenvalue weighted by Crippen LogP contribution is -2.39. The standard InChI is InChI=1S/C17H20ClN3O2/c1-20-10-13(9-19-20)12-4-3-7-21(11-12)17(22)15-8-14(18)5-6-16(15)23-2/h5-6,8-10,12H,3-4,7,11H2,1-2H3. The maximum Gasteiger partial charge on any atom is 0.257 e. The van der Waals surface area contributed by atoms with Crippen molar-refractivity contribution >= 4 is 17.5 Å². The van der Waals surface area contributed by atoms with Crippen LogP contribution < -0.4 is 4.74 Å². The summed E-state index contributed by atoms with van der Waals surface area (Å²) in [6, 6.07) is 5.14. The number of carbonyl (C=O) groups is 1. The third kappa shape index (κ3) is 3.34. The van der Waals surface area contributed by atoms with Crippen LogP contribution in [0.5, 0.6) is 5.75 Å². The molecular formula is C17H20ClN3O2. The maximum absolute atomic E-state index is 12.9. The molecule has 1 aliphatic heterocycles. The van der Waals surface area contributed by atoms with Gasteiger partial charge in [-0.05, 0) is 36.6 Å². The van der Waals surface area contributed by atoms with Crippen LogP contribution in [0.15, 0.2) is 30.6 Å². The van der Waals surface area contributed by atoms with Crippen molar-refractivity contribution in [3.05, 3.63) is 46.7 Å². The number of ether oxygens (including phenoxy) is 1. The Balaban J connectivity index is 1.81. The lowest BCUT2D eigenvalue weighted by molar-refractivity contribution is 0.0703. The molecule has 1 amide bonds. The molecule has 1 aromatic carbocycles. The summed E-state index contributed by atoms with van der Waals surface area (Å²) < 4.78 is 7.11. The topological polar surface area (TPSA) is 47.4 Å². The third-order valence-corrected chi connectivity index (χ3v) is 4.53. The molecule has 0 spiro atoms. The Bertz CT molecular complexity index is 714. The van der Waals surface area contributed by atoms with E-state index in [1.165, 1.54) is 5.56 Å². The first-order valence-corrected chi connectivity index (χ1v) is 8.07. The van der Waals surface area contributed by atoms with Crippen LogP contribution in [0, 0.1) is 0 Å². The van der Waals surface area contributed by atoms with Gasteiger partial charge in [-0.15, -0.1) is 0 Å². The van der Waals surface area contributed by atoms with Crippen LogP contribution in [-0.4, -0.2) is 40.8 Å². The highest BCUT2D eigenvalue weighted by Gasteiger charge is 2.27. The first kappa shape index (κ1) is 15.9. The van der Waals surface area contributed by atoms with Crippen LogP contribution in [-0.2, 0) is 7.05 Å². The first-order valence-electron chi connectivity index (χ1n) is 7.70. The predicted octanol–water partition coefficient (Wildman–Crippen LogP) is 3.10. The molecule has 3 rings (SSSR count). The molecule has 0 bridgehead atoms. The van der Waals surface area contributed by atoms with Gasteiger partial charge in [0.2, 0.25) is 0 Å². The van der Waals surface area contributed by atoms with Crippen LogP contribution in [0.1, 0.15) is 34.7 Å². The zero-order valence-corrected chi connectivity index (χ0v) is 14.1. The van der Waals surface area contributed by atoms with E-state index in [0.717, 1.165) is 19.4 Å². The monoisotopic (exact) mass is 333 g/mol. The summed E-state index contributed by atoms with van der Waals surface area (Å²) in [7, 11) is 3.47. The van der Waals surface area contributed by atoms with E-state index >= 15 is 0 Å². The number of methoxy groups -OCH3 is 1. The second kappa shape index (κ2) is 6.62. The van der Waals surface area contributed by atoms with Gasteiger partial charge in [0.1, 0.15) is 5.75 Å². The van der Waals surface area contributed by atoms with Gasteiger partial charge < -0.3 is 9.64 Å². The van der Waals surface area contributed by atoms with Crippen molar-refractivity contribution in [2.75, 3.05) is 20.2 Å². The molecule has 1 aliphatic rings. The number of aromatic nitrogens is 2. The summed E-state index contributed by atoms with van der Waals surface area (Å²) in [4.78, 5) is 14.8. The van der Waals surface area contributed by atoms with E-state index < -0.39 is 0 Å². The fourth-order valence-corrected chi connectivity index (χ4v) is 3.27. The zero-order chi connectivity index (χ0) is 16.4. The molecule has 2 heterocycles. The normalized spacial score (nSPS) is 18.0. The fourth-order valence-electron chi connectivity index (χ4n) is 3.10. The van der Waals surface area contributed by atoms with Gasteiger partial charge in [-0.3, -0.25) is 9.48 Å². The number of benzene rings is 1. The minimum Gasteiger partial charge on any atom is -0.496 e. The molecule has 1 unspecified atom stereocenters. The summed E-state index contributed by atoms with van der Waals surface area (Å²) >= 11 is 6.05. The Hall–Kier alpha value is -2.01. The van der Waals surface area contributed by atoms with E-state index in [9.17, 15) is 4.79 Å². The Kier molecular flexibility index (Phi) is 4.57. The van der Waals surface area contributed by atoms with Crippen molar-refractivity contribution in [2.24, 2.45) is 7.05 Å². The van der Waals surface area contributed by atoms with Crippen molar-refractivity contribution in [1.29, 1.82) is 0 Å². The van der Waals surface area contributed by atoms with Gasteiger partial charge in [0.05, 0.1) is 18.9 Å². The number of hydrogen-bond acceptors (Lipinski definition) is 3. The van der Waals surface area contributed by atoms with Crippen molar-refractivity contribution in [1.82, 2.24) is 14.7 Å². The highest BCUT2D eigenvalue weighted by Crippen LogP contribution is 2.30. The number of likely N-dealkylation sites (tertiary alicyclic amines) is 1. The molecule has 5 nitrogen and oxygen atoms in total. The lowest BCUT2D eigenvalue weighted by Gasteiger charge is -2.32. The molecule has 1 aromatic heterocycles. The van der Waals surface area contributed by atoms with Gasteiger partial charge in [0.15, 0.2) is 0 Å². The molecule has 0 saturated carbocycles. The van der Waals surface area contributed by atoms with Gasteiger partial charge in [0.25, 0.3) is 5.91 Å². The van der Waals surface area contributed by atoms with Crippen molar-refractivity contribution in [2.45, 2.75) is 18.8 Å². The molecule has 6 heteroatoms. The summed E-state index contributed by atoms with van der Waals surface area (Å²) in [6.45, 7) is 1.45. The molecule has 1 saturated heterocycles. The quantitative estimate of drug-likeness (QED) is 0.867. The summed E-state index contributed by atoms with van der Waals surface area (Å²) in [5.41, 5.74) is 1.70. The summed E-state index contributed by atoms with van der Waals surface area (Å²) in [5, 5.41) is 4.77. The Morgan fingerprint density at radius 2 is 2.26 bits per heavy atom. The van der Waals surface area contributed by atoms with Crippen molar-refractivity contribution in [3.63, 3.8) is 0 Å². The van der Waals surface area contributed by atoms with Gasteiger partial charge in [0, 0.05) is 37.3 Å². The van der Waals surface area contributed by atoms with Crippen molar-refractivity contribution < 1.29 is 9.53 Å². The molecule has 23 heavy (non-hydrogen) atoms. The zero-order valence-electron chi connectivity index (χ0n) is 13.3. The number of nitrogens with zero attached hydrogens (tertiary/aromatic N) is 3. The highest BCUT2D eigenvalue weighted by atomic mass is 35.5. The second-order valence-corrected chi connectivity index (χ2v) is 6.32. The largest absolute Gasteiger partial charge is 0.496 e. The number of rotatable bonds is 3. The second-order valence-electron chi connectivity index (χ2n) is 5.88. The molecule has 1 atom stereocenters. The average molecular weight is 334 g/mol. The van der Waals surface area contributed by atoms with Crippen LogP contribution in [0.2, 0.25) is 5.02 Å². The number of aryl methyl sites for hydroxylation is 1. The minimum absolute atomic E-state index is 0.0297. The number of carbonyl (C=O) groups excluding carboxylic acids is 1. The average Bonchev–Trinajstić information content (AvgIpc) is 3.01. The van der Waals surface area contributed by atoms with Crippen molar-refractivity contribution in [3.8, 4) is 5.75 Å². The predicted molar refractivity (Wildman–Crippen MR) is 89.1 cm³/mol. The van der Waals surface area contributed by atoms with E-state index in [1.807, 2.05) is 24.3 Å². The SMILES string of the molecule is COc1ccc(Cl)cc1C(=O)N1CCCC(c2cnn(C)c2)C1. The Labute approximate surface area is 140 Å². The van der Waals surface area contributed by atoms with E-state index in [4.69, 9.17) is 16.3 Å². The van der Waals surface area contributed by atoms with Gasteiger partial charge in [-0.1, -0.05) is 11.6 Å². The number of halogens is 1. The third-order valence-electron chi connectivity index (χ3n) is 4.30. The number of piperidine rings is 1. The van der Waals surface area contributed by atoms with Gasteiger partial charge in [-0.25, -0.2) is 0 Å². The summed E-state index contributed by atoms with van der Waals surface area (Å²) in [6.07, 6.45) is 5.97. The van der Waals surface area contributed by atoms with Gasteiger partial charge in [-0.2, -0.15) is 5.10 Å². The Morgan fingerprint density at radius 1 is 1.43 bits per heavy atom. The van der Waals surface area contributed by atoms with E-state index in [-0.39, 0.29) is 5.91 Å². The van der Waals surface area contributed by atoms with Crippen LogP contribution >= 0.6 is 11.6 Å². The summed E-state index contributed by atoms with van der Waals surface area (Å²) in [5.74, 6) is 0.854. The van der Waals surface area contributed by atoms with Crippen LogP contribution in [0.3, 0.4) is 0 Å². The minimum atomic E-state index is -0.0297. The molecular weight excluding hydrogens is 314 g/mol. The lowest BCUT2D eigenvalue weighted by atomic mass is 9.92. The number of hydrogen-bond donors (Lipinski definition) is 0. The molecule has 0 radical (unpaired) electrons. The van der Waals surface area contributed by atoms with Gasteiger partial charge >= 0.3 is 0 Å². The first-order chi connectivity index (χ1) is 11.1. The van der Waals surface area contributed by atoms with E-state index in [1.54, 1.807) is 30.0 Å².